The zero-order valence-corrected chi connectivity index (χ0v) is 12.9. The minimum Gasteiger partial charge on any atom is -0.486 e. The largest absolute Gasteiger partial charge is 0.486 e. The number of fused-ring (bicyclic) bond motifs is 1. The van der Waals surface area contributed by atoms with Crippen molar-refractivity contribution in [2.75, 3.05) is 13.2 Å². The maximum absolute atomic E-state index is 6.37. The molecule has 0 amide bonds. The van der Waals surface area contributed by atoms with Crippen molar-refractivity contribution in [2.45, 2.75) is 31.2 Å². The van der Waals surface area contributed by atoms with E-state index in [1.54, 1.807) is 0 Å². The second-order valence-corrected chi connectivity index (χ2v) is 5.62. The summed E-state index contributed by atoms with van der Waals surface area (Å²) in [5, 5.41) is 4.09. The third-order valence-corrected chi connectivity index (χ3v) is 4.16. The summed E-state index contributed by atoms with van der Waals surface area (Å²) in [4.78, 5) is 4.50. The molecule has 2 N–H and O–H groups in total. The third-order valence-electron chi connectivity index (χ3n) is 4.16. The lowest BCUT2D eigenvalue weighted by atomic mass is 9.98. The zero-order valence-electron chi connectivity index (χ0n) is 12.1. The summed E-state index contributed by atoms with van der Waals surface area (Å²) in [5.41, 5.74) is 6.68. The van der Waals surface area contributed by atoms with Crippen LogP contribution in [-0.4, -0.2) is 23.4 Å². The fourth-order valence-corrected chi connectivity index (χ4v) is 3.01. The molecule has 0 spiro atoms. The number of benzene rings is 1. The van der Waals surface area contributed by atoms with Crippen molar-refractivity contribution >= 4 is 12.4 Å². The minimum atomic E-state index is -0.450. The number of para-hydroxylation sites is 1. The summed E-state index contributed by atoms with van der Waals surface area (Å²) in [7, 11) is 0. The monoisotopic (exact) mass is 323 g/mol. The maximum Gasteiger partial charge on any atom is 0.261 e. The molecular weight excluding hydrogens is 306 g/mol. The molecule has 0 saturated heterocycles. The van der Waals surface area contributed by atoms with Gasteiger partial charge in [-0.05, 0) is 25.0 Å². The molecule has 1 fully saturated rings. The third kappa shape index (κ3) is 2.42. The van der Waals surface area contributed by atoms with Gasteiger partial charge in [0.2, 0.25) is 0 Å². The van der Waals surface area contributed by atoms with E-state index in [-0.39, 0.29) is 12.4 Å². The fraction of sp³-hybridized carbons (Fsp3) is 0.467. The van der Waals surface area contributed by atoms with Gasteiger partial charge < -0.3 is 19.7 Å². The molecular formula is C15H18ClN3O3. The van der Waals surface area contributed by atoms with E-state index in [0.29, 0.717) is 36.4 Å². The van der Waals surface area contributed by atoms with Gasteiger partial charge in [-0.15, -0.1) is 12.4 Å². The number of rotatable bonds is 2. The molecule has 1 aliphatic heterocycles. The van der Waals surface area contributed by atoms with Crippen LogP contribution in [0, 0.1) is 0 Å². The summed E-state index contributed by atoms with van der Waals surface area (Å²) in [6.45, 7) is 1.07. The van der Waals surface area contributed by atoms with Crippen LogP contribution < -0.4 is 15.2 Å². The van der Waals surface area contributed by atoms with Crippen LogP contribution in [0.5, 0.6) is 11.5 Å². The Hall–Kier alpha value is -1.79. The molecule has 0 atom stereocenters. The number of aromatic nitrogens is 2. The first-order valence-corrected chi connectivity index (χ1v) is 7.28. The predicted octanol–water partition coefficient (Wildman–Crippen LogP) is 2.66. The highest BCUT2D eigenvalue weighted by atomic mass is 35.5. The zero-order chi connectivity index (χ0) is 14.3. The Kier molecular flexibility index (Phi) is 3.97. The Balaban J connectivity index is 0.00000144. The van der Waals surface area contributed by atoms with Crippen LogP contribution >= 0.6 is 12.4 Å². The average Bonchev–Trinajstić information content (AvgIpc) is 3.16. The second-order valence-electron chi connectivity index (χ2n) is 5.62. The lowest BCUT2D eigenvalue weighted by Gasteiger charge is -2.19. The van der Waals surface area contributed by atoms with Crippen molar-refractivity contribution < 1.29 is 14.0 Å². The van der Waals surface area contributed by atoms with E-state index in [1.165, 1.54) is 0 Å². The van der Waals surface area contributed by atoms with Gasteiger partial charge in [0.05, 0.1) is 11.1 Å². The highest BCUT2D eigenvalue weighted by Crippen LogP contribution is 2.40. The molecule has 2 heterocycles. The fourth-order valence-electron chi connectivity index (χ4n) is 3.01. The number of nitrogens with two attached hydrogens (primary N) is 1. The van der Waals surface area contributed by atoms with Crippen molar-refractivity contribution in [3.8, 4) is 23.0 Å². The van der Waals surface area contributed by atoms with Crippen LogP contribution in [0.2, 0.25) is 0 Å². The molecule has 2 aliphatic rings. The highest BCUT2D eigenvalue weighted by molar-refractivity contribution is 5.85. The van der Waals surface area contributed by atoms with Crippen molar-refractivity contribution in [1.29, 1.82) is 0 Å². The molecule has 1 aromatic heterocycles. The van der Waals surface area contributed by atoms with E-state index in [1.807, 2.05) is 18.2 Å². The molecule has 1 aliphatic carbocycles. The molecule has 1 aromatic carbocycles. The molecule has 7 heteroatoms. The molecule has 118 valence electrons. The van der Waals surface area contributed by atoms with Gasteiger partial charge in [0.1, 0.15) is 13.2 Å². The van der Waals surface area contributed by atoms with Gasteiger partial charge in [-0.3, -0.25) is 0 Å². The first-order chi connectivity index (χ1) is 10.3. The number of hydrogen-bond donors (Lipinski definition) is 1. The van der Waals surface area contributed by atoms with Gasteiger partial charge in [0.25, 0.3) is 5.89 Å². The van der Waals surface area contributed by atoms with Crippen molar-refractivity contribution in [3.63, 3.8) is 0 Å². The first kappa shape index (κ1) is 15.1. The van der Waals surface area contributed by atoms with Crippen molar-refractivity contribution in [2.24, 2.45) is 5.73 Å². The molecule has 0 unspecified atom stereocenters. The van der Waals surface area contributed by atoms with Gasteiger partial charge >= 0.3 is 0 Å². The summed E-state index contributed by atoms with van der Waals surface area (Å²) in [6.07, 6.45) is 4.02. The Morgan fingerprint density at radius 1 is 1.09 bits per heavy atom. The molecule has 0 radical (unpaired) electrons. The Labute approximate surface area is 134 Å². The smallest absolute Gasteiger partial charge is 0.261 e. The van der Waals surface area contributed by atoms with E-state index >= 15 is 0 Å². The minimum absolute atomic E-state index is 0. The van der Waals surface area contributed by atoms with E-state index < -0.39 is 5.54 Å². The van der Waals surface area contributed by atoms with Gasteiger partial charge in [-0.25, -0.2) is 0 Å². The second kappa shape index (κ2) is 5.78. The van der Waals surface area contributed by atoms with Crippen molar-refractivity contribution in [1.82, 2.24) is 10.1 Å². The SMILES string of the molecule is Cl.NC1(c2noc(-c3cccc4c3OCCO4)n2)CCCC1. The molecule has 0 bridgehead atoms. The van der Waals surface area contributed by atoms with E-state index in [2.05, 4.69) is 10.1 Å². The first-order valence-electron chi connectivity index (χ1n) is 7.28. The van der Waals surface area contributed by atoms with E-state index in [0.717, 1.165) is 31.2 Å². The van der Waals surface area contributed by atoms with E-state index in [4.69, 9.17) is 19.7 Å². The Bertz CT molecular complexity index is 668. The number of hydrogen-bond acceptors (Lipinski definition) is 6. The van der Waals surface area contributed by atoms with Crippen LogP contribution in [0.25, 0.3) is 11.5 Å². The molecule has 1 saturated carbocycles. The molecule has 6 nitrogen and oxygen atoms in total. The van der Waals surface area contributed by atoms with Crippen LogP contribution in [0.3, 0.4) is 0 Å². The van der Waals surface area contributed by atoms with Crippen molar-refractivity contribution in [3.05, 3.63) is 24.0 Å². The van der Waals surface area contributed by atoms with Crippen LogP contribution in [0.4, 0.5) is 0 Å². The Morgan fingerprint density at radius 2 is 1.86 bits per heavy atom. The topological polar surface area (TPSA) is 83.4 Å². The number of nitrogens with zero attached hydrogens (tertiary/aromatic N) is 2. The van der Waals surface area contributed by atoms with E-state index in [9.17, 15) is 0 Å². The molecule has 2 aromatic rings. The van der Waals surface area contributed by atoms with Gasteiger partial charge in [-0.1, -0.05) is 24.1 Å². The summed E-state index contributed by atoms with van der Waals surface area (Å²) in [6, 6.07) is 5.65. The quantitative estimate of drug-likeness (QED) is 0.914. The lowest BCUT2D eigenvalue weighted by Crippen LogP contribution is -2.34. The summed E-state index contributed by atoms with van der Waals surface area (Å²) >= 11 is 0. The molecule has 4 rings (SSSR count). The maximum atomic E-state index is 6.37. The lowest BCUT2D eigenvalue weighted by molar-refractivity contribution is 0.172. The van der Waals surface area contributed by atoms with Crippen LogP contribution in [0.15, 0.2) is 22.7 Å². The standard InChI is InChI=1S/C15H17N3O3.ClH/c16-15(6-1-2-7-15)14-17-13(21-18-14)10-4-3-5-11-12(10)20-9-8-19-11;/h3-5H,1-2,6-9,16H2;1H. The van der Waals surface area contributed by atoms with Gasteiger partial charge in [0, 0.05) is 0 Å². The van der Waals surface area contributed by atoms with Crippen LogP contribution in [0.1, 0.15) is 31.5 Å². The number of halogens is 1. The highest BCUT2D eigenvalue weighted by Gasteiger charge is 2.36. The summed E-state index contributed by atoms with van der Waals surface area (Å²) in [5.74, 6) is 2.40. The molecule has 22 heavy (non-hydrogen) atoms. The Morgan fingerprint density at radius 3 is 2.68 bits per heavy atom. The average molecular weight is 324 g/mol. The predicted molar refractivity (Wildman–Crippen MR) is 82.3 cm³/mol. The van der Waals surface area contributed by atoms with Gasteiger partial charge in [0.15, 0.2) is 17.3 Å². The normalized spacial score (nSPS) is 18.8. The van der Waals surface area contributed by atoms with Gasteiger partial charge in [-0.2, -0.15) is 4.98 Å². The summed E-state index contributed by atoms with van der Waals surface area (Å²) < 4.78 is 16.7. The number of ether oxygens (including phenoxy) is 2. The van der Waals surface area contributed by atoms with Crippen LogP contribution in [-0.2, 0) is 5.54 Å².